The van der Waals surface area contributed by atoms with Gasteiger partial charge in [0.25, 0.3) is 5.71 Å². The molecule has 1 aliphatic heterocycles. The minimum absolute atomic E-state index is 0.0211. The van der Waals surface area contributed by atoms with E-state index in [1.54, 1.807) is 6.92 Å². The second kappa shape index (κ2) is 13.7. The zero-order valence-electron chi connectivity index (χ0n) is 21.0. The van der Waals surface area contributed by atoms with E-state index in [4.69, 9.17) is 18.9 Å². The third-order valence-electron chi connectivity index (χ3n) is 6.21. The van der Waals surface area contributed by atoms with Gasteiger partial charge in [-0.05, 0) is 23.6 Å². The van der Waals surface area contributed by atoms with E-state index in [1.165, 1.54) is 0 Å². The number of hydroxylamine groups is 1. The summed E-state index contributed by atoms with van der Waals surface area (Å²) >= 11 is 0. The quantitative estimate of drug-likeness (QED) is 0.203. The monoisotopic (exact) mass is 503 g/mol. The fourth-order valence-corrected chi connectivity index (χ4v) is 4.32. The lowest BCUT2D eigenvalue weighted by molar-refractivity contribution is -0.531. The molecular weight excluding hydrogens is 470 g/mol. The van der Waals surface area contributed by atoms with Crippen LogP contribution in [0.15, 0.2) is 91.0 Å². The minimum Gasteiger partial charge on any atom is -0.623 e. The lowest BCUT2D eigenvalue weighted by Crippen LogP contribution is -2.56. The van der Waals surface area contributed by atoms with E-state index in [0.717, 1.165) is 16.7 Å². The lowest BCUT2D eigenvalue weighted by atomic mass is 9.95. The van der Waals surface area contributed by atoms with Gasteiger partial charge in [0.2, 0.25) is 6.04 Å². The first-order valence-corrected chi connectivity index (χ1v) is 12.6. The maximum atomic E-state index is 13.5. The van der Waals surface area contributed by atoms with Gasteiger partial charge in [-0.15, -0.1) is 0 Å². The van der Waals surface area contributed by atoms with Crippen LogP contribution < -0.4 is 0 Å². The van der Waals surface area contributed by atoms with Gasteiger partial charge in [0.15, 0.2) is 0 Å². The maximum absolute atomic E-state index is 13.5. The zero-order valence-corrected chi connectivity index (χ0v) is 21.0. The molecule has 0 aromatic heterocycles. The summed E-state index contributed by atoms with van der Waals surface area (Å²) in [6.45, 7) is 2.91. The number of carbonyl (C=O) groups excluding carboxylic acids is 1. The molecule has 0 unspecified atom stereocenters. The summed E-state index contributed by atoms with van der Waals surface area (Å²) in [4.78, 5) is 12.7. The number of rotatable bonds is 12. The predicted octanol–water partition coefficient (Wildman–Crippen LogP) is 4.66. The van der Waals surface area contributed by atoms with Gasteiger partial charge in [-0.1, -0.05) is 91.0 Å². The Balaban J connectivity index is 1.58. The van der Waals surface area contributed by atoms with Crippen LogP contribution in [0.25, 0.3) is 0 Å². The summed E-state index contributed by atoms with van der Waals surface area (Å²) in [5, 5.41) is 13.5. The Kier molecular flexibility index (Phi) is 9.82. The van der Waals surface area contributed by atoms with E-state index in [-0.39, 0.29) is 25.3 Å². The van der Waals surface area contributed by atoms with Crippen molar-refractivity contribution in [1.82, 2.24) is 0 Å². The van der Waals surface area contributed by atoms with Crippen molar-refractivity contribution in [2.75, 3.05) is 13.2 Å². The van der Waals surface area contributed by atoms with E-state index in [1.807, 2.05) is 91.0 Å². The molecule has 3 aromatic carbocycles. The molecule has 3 atom stereocenters. The Morgan fingerprint density at radius 3 is 1.86 bits per heavy atom. The molecule has 0 saturated carbocycles. The Bertz CT molecular complexity index is 1140. The summed E-state index contributed by atoms with van der Waals surface area (Å²) < 4.78 is 24.5. The zero-order chi connectivity index (χ0) is 25.9. The van der Waals surface area contributed by atoms with Gasteiger partial charge in [-0.25, -0.2) is 4.79 Å². The first-order chi connectivity index (χ1) is 18.2. The highest BCUT2D eigenvalue weighted by Crippen LogP contribution is 2.25. The molecule has 4 rings (SSSR count). The Hall–Kier alpha value is -3.52. The Labute approximate surface area is 217 Å². The van der Waals surface area contributed by atoms with Gasteiger partial charge < -0.3 is 24.2 Å². The van der Waals surface area contributed by atoms with Crippen LogP contribution in [0.1, 0.15) is 30.0 Å². The summed E-state index contributed by atoms with van der Waals surface area (Å²) in [5.74, 6) is -0.639. The van der Waals surface area contributed by atoms with Crippen LogP contribution in [0.2, 0.25) is 0 Å². The molecule has 0 fully saturated rings. The molecule has 3 aromatic rings. The van der Waals surface area contributed by atoms with E-state index in [9.17, 15) is 10.0 Å². The van der Waals surface area contributed by atoms with Gasteiger partial charge in [-0.3, -0.25) is 0 Å². The second-order valence-corrected chi connectivity index (χ2v) is 8.86. The normalized spacial score (nSPS) is 19.5. The van der Waals surface area contributed by atoms with Gasteiger partial charge in [0.05, 0.1) is 32.8 Å². The lowest BCUT2D eigenvalue weighted by Gasteiger charge is -2.36. The third kappa shape index (κ3) is 7.49. The fourth-order valence-electron chi connectivity index (χ4n) is 4.32. The van der Waals surface area contributed by atoms with Gasteiger partial charge in [-0.2, -0.15) is 4.74 Å². The average molecular weight is 504 g/mol. The van der Waals surface area contributed by atoms with E-state index in [0.29, 0.717) is 24.6 Å². The maximum Gasteiger partial charge on any atom is 0.399 e. The predicted molar refractivity (Wildman–Crippen MR) is 140 cm³/mol. The van der Waals surface area contributed by atoms with Crippen molar-refractivity contribution in [2.45, 2.75) is 51.4 Å². The molecule has 0 N–H and O–H groups in total. The number of esters is 1. The van der Waals surface area contributed by atoms with Crippen LogP contribution in [-0.2, 0) is 43.6 Å². The molecule has 0 radical (unpaired) electrons. The standard InChI is InChI=1S/C30H33NO6/c1-2-35-30(32)26-18-28(36-20-24-14-8-4-9-15-24)29(37-21-25-16-10-5-11-17-25)27(31(26)33)22-34-19-23-12-6-3-7-13-23/h3-17,27-29H,2,18-22H2,1H3/t27-,28-,29-/m1/s1. The molecule has 7 heteroatoms. The van der Waals surface area contributed by atoms with Crippen molar-refractivity contribution in [3.63, 3.8) is 0 Å². The molecule has 1 heterocycles. The minimum atomic E-state index is -0.790. The van der Waals surface area contributed by atoms with E-state index >= 15 is 0 Å². The third-order valence-corrected chi connectivity index (χ3v) is 6.21. The van der Waals surface area contributed by atoms with Crippen molar-refractivity contribution in [3.8, 4) is 0 Å². The van der Waals surface area contributed by atoms with Crippen molar-refractivity contribution in [3.05, 3.63) is 113 Å². The number of benzene rings is 3. The number of hydrogen-bond donors (Lipinski definition) is 0. The molecule has 7 nitrogen and oxygen atoms in total. The summed E-state index contributed by atoms with van der Waals surface area (Å²) in [7, 11) is 0. The van der Waals surface area contributed by atoms with Gasteiger partial charge in [0.1, 0.15) is 18.8 Å². The van der Waals surface area contributed by atoms with Crippen molar-refractivity contribution in [2.24, 2.45) is 0 Å². The summed E-state index contributed by atoms with van der Waals surface area (Å²) in [6, 6.07) is 28.5. The Morgan fingerprint density at radius 2 is 1.32 bits per heavy atom. The molecule has 194 valence electrons. The highest BCUT2D eigenvalue weighted by Gasteiger charge is 2.46. The number of hydrogen-bond acceptors (Lipinski definition) is 6. The second-order valence-electron chi connectivity index (χ2n) is 8.86. The van der Waals surface area contributed by atoms with Gasteiger partial charge >= 0.3 is 5.97 Å². The van der Waals surface area contributed by atoms with E-state index < -0.39 is 24.2 Å². The van der Waals surface area contributed by atoms with Crippen molar-refractivity contribution in [1.29, 1.82) is 0 Å². The van der Waals surface area contributed by atoms with Crippen LogP contribution in [0.5, 0.6) is 0 Å². The molecule has 0 amide bonds. The first-order valence-electron chi connectivity index (χ1n) is 12.6. The molecule has 37 heavy (non-hydrogen) atoms. The van der Waals surface area contributed by atoms with Crippen LogP contribution >= 0.6 is 0 Å². The summed E-state index contributed by atoms with van der Waals surface area (Å²) in [6.07, 6.45) is -1.08. The van der Waals surface area contributed by atoms with Gasteiger partial charge in [0, 0.05) is 0 Å². The van der Waals surface area contributed by atoms with Crippen molar-refractivity contribution >= 4 is 11.7 Å². The van der Waals surface area contributed by atoms with Crippen molar-refractivity contribution < 1.29 is 28.5 Å². The van der Waals surface area contributed by atoms with Crippen LogP contribution in [-0.4, -0.2) is 47.9 Å². The molecule has 0 bridgehead atoms. The molecule has 0 spiro atoms. The molecular formula is C30H33NO6. The van der Waals surface area contributed by atoms with Crippen LogP contribution in [0, 0.1) is 5.21 Å². The average Bonchev–Trinajstić information content (AvgIpc) is 2.94. The van der Waals surface area contributed by atoms with Crippen LogP contribution in [0.3, 0.4) is 0 Å². The number of carbonyl (C=O) groups is 1. The smallest absolute Gasteiger partial charge is 0.399 e. The first kappa shape index (κ1) is 26.5. The fraction of sp³-hybridized carbons (Fsp3) is 0.333. The highest BCUT2D eigenvalue weighted by molar-refractivity contribution is 6.34. The van der Waals surface area contributed by atoms with Crippen LogP contribution in [0.4, 0.5) is 0 Å². The largest absolute Gasteiger partial charge is 0.623 e. The molecule has 1 aliphatic rings. The summed E-state index contributed by atoms with van der Waals surface area (Å²) in [5.41, 5.74) is 2.98. The molecule has 0 aliphatic carbocycles. The number of nitrogens with zero attached hydrogens (tertiary/aromatic N) is 1. The number of ether oxygens (including phenoxy) is 4. The highest BCUT2D eigenvalue weighted by atomic mass is 16.6. The topological polar surface area (TPSA) is 80.1 Å². The Morgan fingerprint density at radius 1 is 0.811 bits per heavy atom. The molecule has 0 saturated heterocycles. The SMILES string of the molecule is CCOC(=O)C1=[N+]([O-])[C@H](COCc2ccccc2)[C@@H](OCc2ccccc2)[C@H](OCc2ccccc2)C1. The van der Waals surface area contributed by atoms with E-state index in [2.05, 4.69) is 0 Å².